The molecule has 0 saturated carbocycles. The van der Waals surface area contributed by atoms with Crippen LogP contribution in [0.15, 0.2) is 28.4 Å². The number of terminal acetylenes is 1. The molecule has 6 nitrogen and oxygen atoms in total. The monoisotopic (exact) mass is 340 g/mol. The Morgan fingerprint density at radius 1 is 1.36 bits per heavy atom. The molecule has 1 N–H and O–H groups in total. The molecule has 1 aromatic carbocycles. The number of carbonyl (C=O) groups is 1. The van der Waals surface area contributed by atoms with Crippen molar-refractivity contribution in [3.8, 4) is 12.3 Å². The van der Waals surface area contributed by atoms with Crippen LogP contribution >= 0.6 is 0 Å². The van der Waals surface area contributed by atoms with Gasteiger partial charge in [0.1, 0.15) is 0 Å². The van der Waals surface area contributed by atoms with Crippen molar-refractivity contribution in [2.24, 2.45) is 10.2 Å². The summed E-state index contributed by atoms with van der Waals surface area (Å²) in [5, 5.41) is 11.1. The van der Waals surface area contributed by atoms with Gasteiger partial charge in [-0.15, -0.1) is 12.3 Å². The Balaban J connectivity index is 1.52. The minimum absolute atomic E-state index is 0.0143. The lowest BCUT2D eigenvalue weighted by atomic mass is 10.0. The van der Waals surface area contributed by atoms with E-state index in [2.05, 4.69) is 32.4 Å². The van der Waals surface area contributed by atoms with Gasteiger partial charge in [-0.05, 0) is 30.7 Å². The average molecular weight is 340 g/mol. The SMILES string of the molecule is C#CCCC1(CCC(=O)Nc2ccc(N3CCOCC3)cc2C)N=N1. The van der Waals surface area contributed by atoms with Gasteiger partial charge in [0.2, 0.25) is 5.91 Å². The first-order chi connectivity index (χ1) is 12.1. The lowest BCUT2D eigenvalue weighted by Crippen LogP contribution is -2.36. The summed E-state index contributed by atoms with van der Waals surface area (Å²) in [5.41, 5.74) is 2.67. The van der Waals surface area contributed by atoms with E-state index < -0.39 is 5.66 Å². The second-order valence-corrected chi connectivity index (χ2v) is 6.53. The van der Waals surface area contributed by atoms with E-state index in [0.717, 1.165) is 44.0 Å². The summed E-state index contributed by atoms with van der Waals surface area (Å²) in [6.45, 7) is 5.33. The third kappa shape index (κ3) is 4.58. The third-order valence-corrected chi connectivity index (χ3v) is 4.67. The Bertz CT molecular complexity index is 696. The van der Waals surface area contributed by atoms with E-state index in [1.54, 1.807) is 0 Å². The standard InChI is InChI=1S/C19H24N4O2/c1-3-4-8-19(21-22-19)9-7-18(24)20-17-6-5-16(14-15(17)2)23-10-12-25-13-11-23/h1,5-6,14H,4,7-13H2,2H3,(H,20,24). The van der Waals surface area contributed by atoms with Gasteiger partial charge < -0.3 is 15.0 Å². The molecule has 6 heteroatoms. The number of hydrogen-bond donors (Lipinski definition) is 1. The van der Waals surface area contributed by atoms with Crippen LogP contribution in [0.1, 0.15) is 31.2 Å². The van der Waals surface area contributed by atoms with Crippen LogP contribution < -0.4 is 10.2 Å². The second kappa shape index (κ2) is 7.66. The van der Waals surface area contributed by atoms with Crippen molar-refractivity contribution in [1.82, 2.24) is 0 Å². The molecule has 0 bridgehead atoms. The Labute approximate surface area is 148 Å². The van der Waals surface area contributed by atoms with Gasteiger partial charge in [-0.25, -0.2) is 0 Å². The fourth-order valence-corrected chi connectivity index (χ4v) is 3.00. The molecule has 1 fully saturated rings. The van der Waals surface area contributed by atoms with Crippen molar-refractivity contribution in [3.63, 3.8) is 0 Å². The molecule has 2 heterocycles. The van der Waals surface area contributed by atoms with Crippen LogP contribution in [0, 0.1) is 19.3 Å². The Hall–Kier alpha value is -2.39. The average Bonchev–Trinajstić information content (AvgIpc) is 3.41. The number of amides is 1. The maximum atomic E-state index is 12.2. The normalized spacial score (nSPS) is 17.8. The second-order valence-electron chi connectivity index (χ2n) is 6.53. The van der Waals surface area contributed by atoms with Crippen molar-refractivity contribution in [1.29, 1.82) is 0 Å². The molecule has 25 heavy (non-hydrogen) atoms. The fraction of sp³-hybridized carbons (Fsp3) is 0.526. The first kappa shape index (κ1) is 17.4. The largest absolute Gasteiger partial charge is 0.378 e. The van der Waals surface area contributed by atoms with Crippen LogP contribution in [0.4, 0.5) is 11.4 Å². The van der Waals surface area contributed by atoms with Gasteiger partial charge in [0.05, 0.1) is 13.2 Å². The summed E-state index contributed by atoms with van der Waals surface area (Å²) in [4.78, 5) is 14.5. The summed E-state index contributed by atoms with van der Waals surface area (Å²) in [5.74, 6) is 2.58. The van der Waals surface area contributed by atoms with Gasteiger partial charge >= 0.3 is 0 Å². The summed E-state index contributed by atoms with van der Waals surface area (Å²) in [6, 6.07) is 6.13. The first-order valence-electron chi connectivity index (χ1n) is 8.73. The van der Waals surface area contributed by atoms with Crippen molar-refractivity contribution >= 4 is 17.3 Å². The number of aryl methyl sites for hydroxylation is 1. The molecule has 1 aromatic rings. The number of ether oxygens (including phenoxy) is 1. The molecule has 3 rings (SSSR count). The summed E-state index contributed by atoms with van der Waals surface area (Å²) in [6.07, 6.45) is 7.65. The van der Waals surface area contributed by atoms with Crippen molar-refractivity contribution < 1.29 is 9.53 Å². The van der Waals surface area contributed by atoms with Crippen LogP contribution in [0.2, 0.25) is 0 Å². The van der Waals surface area contributed by atoms with Crippen molar-refractivity contribution in [2.45, 2.75) is 38.3 Å². The number of morpholine rings is 1. The van der Waals surface area contributed by atoms with E-state index in [1.165, 1.54) is 5.69 Å². The Morgan fingerprint density at radius 3 is 2.76 bits per heavy atom. The summed E-state index contributed by atoms with van der Waals surface area (Å²) < 4.78 is 5.39. The summed E-state index contributed by atoms with van der Waals surface area (Å²) >= 11 is 0. The van der Waals surface area contributed by atoms with Crippen LogP contribution in [0.3, 0.4) is 0 Å². The fourth-order valence-electron chi connectivity index (χ4n) is 3.00. The van der Waals surface area contributed by atoms with Gasteiger partial charge in [-0.3, -0.25) is 4.79 Å². The maximum Gasteiger partial charge on any atom is 0.224 e. The number of benzene rings is 1. The van der Waals surface area contributed by atoms with Crippen LogP contribution in [0.5, 0.6) is 0 Å². The Kier molecular flexibility index (Phi) is 5.34. The highest BCUT2D eigenvalue weighted by molar-refractivity contribution is 5.91. The number of nitrogens with one attached hydrogen (secondary N) is 1. The Morgan fingerprint density at radius 2 is 2.12 bits per heavy atom. The van der Waals surface area contributed by atoms with Gasteiger partial charge in [0.15, 0.2) is 5.66 Å². The molecule has 0 aromatic heterocycles. The van der Waals surface area contributed by atoms with Crippen molar-refractivity contribution in [3.05, 3.63) is 23.8 Å². The molecule has 0 aliphatic carbocycles. The topological polar surface area (TPSA) is 66.3 Å². The zero-order valence-electron chi connectivity index (χ0n) is 14.6. The minimum atomic E-state index is -0.404. The number of anilines is 2. The van der Waals surface area contributed by atoms with E-state index in [1.807, 2.05) is 19.1 Å². The maximum absolute atomic E-state index is 12.2. The molecule has 2 aliphatic heterocycles. The number of hydrogen-bond acceptors (Lipinski definition) is 5. The molecule has 0 radical (unpaired) electrons. The quantitative estimate of drug-likeness (QED) is 0.776. The van der Waals surface area contributed by atoms with Gasteiger partial charge in [0.25, 0.3) is 0 Å². The number of rotatable bonds is 7. The lowest BCUT2D eigenvalue weighted by Gasteiger charge is -2.29. The first-order valence-corrected chi connectivity index (χ1v) is 8.73. The minimum Gasteiger partial charge on any atom is -0.378 e. The van der Waals surface area contributed by atoms with E-state index in [0.29, 0.717) is 19.3 Å². The van der Waals surface area contributed by atoms with E-state index in [9.17, 15) is 4.79 Å². The smallest absolute Gasteiger partial charge is 0.224 e. The molecule has 0 unspecified atom stereocenters. The molecule has 2 aliphatic rings. The molecule has 0 spiro atoms. The van der Waals surface area contributed by atoms with E-state index in [-0.39, 0.29) is 5.91 Å². The predicted octanol–water partition coefficient (Wildman–Crippen LogP) is 3.13. The van der Waals surface area contributed by atoms with E-state index >= 15 is 0 Å². The van der Waals surface area contributed by atoms with Gasteiger partial charge in [0, 0.05) is 50.1 Å². The molecular weight excluding hydrogens is 316 g/mol. The molecule has 0 atom stereocenters. The molecule has 1 saturated heterocycles. The number of nitrogens with zero attached hydrogens (tertiary/aromatic N) is 3. The zero-order valence-corrected chi connectivity index (χ0v) is 14.6. The van der Waals surface area contributed by atoms with Crippen LogP contribution in [-0.4, -0.2) is 37.9 Å². The van der Waals surface area contributed by atoms with Crippen molar-refractivity contribution in [2.75, 3.05) is 36.5 Å². The molecular formula is C19H24N4O2. The molecule has 1 amide bonds. The van der Waals surface area contributed by atoms with Gasteiger partial charge in [-0.1, -0.05) is 0 Å². The zero-order chi connectivity index (χ0) is 17.7. The highest BCUT2D eigenvalue weighted by Crippen LogP contribution is 2.37. The summed E-state index contributed by atoms with van der Waals surface area (Å²) in [7, 11) is 0. The van der Waals surface area contributed by atoms with Gasteiger partial charge in [-0.2, -0.15) is 10.2 Å². The predicted molar refractivity (Wildman–Crippen MR) is 97.7 cm³/mol. The van der Waals surface area contributed by atoms with Crippen LogP contribution in [0.25, 0.3) is 0 Å². The lowest BCUT2D eigenvalue weighted by molar-refractivity contribution is -0.116. The van der Waals surface area contributed by atoms with Crippen LogP contribution in [-0.2, 0) is 9.53 Å². The highest BCUT2D eigenvalue weighted by atomic mass is 16.5. The number of carbonyl (C=O) groups excluding carboxylic acids is 1. The van der Waals surface area contributed by atoms with E-state index in [4.69, 9.17) is 11.2 Å². The highest BCUT2D eigenvalue weighted by Gasteiger charge is 2.39. The molecule has 132 valence electrons. The third-order valence-electron chi connectivity index (χ3n) is 4.67.